The van der Waals surface area contributed by atoms with Crippen molar-refractivity contribution in [3.63, 3.8) is 0 Å². The number of benzene rings is 1. The Morgan fingerprint density at radius 3 is 2.33 bits per heavy atom. The molecule has 0 saturated carbocycles. The summed E-state index contributed by atoms with van der Waals surface area (Å²) < 4.78 is 37.3. The van der Waals surface area contributed by atoms with Gasteiger partial charge < -0.3 is 19.5 Å². The molecular weight excluding hydrogens is 388 g/mol. The van der Waals surface area contributed by atoms with E-state index in [0.717, 1.165) is 11.4 Å². The van der Waals surface area contributed by atoms with Crippen molar-refractivity contribution in [3.05, 3.63) is 35.7 Å². The Hall–Kier alpha value is -2.17. The van der Waals surface area contributed by atoms with Crippen LogP contribution in [0.4, 0.5) is 5.69 Å². The lowest BCUT2D eigenvalue weighted by atomic mass is 10.3. The van der Waals surface area contributed by atoms with E-state index in [9.17, 15) is 8.42 Å². The summed E-state index contributed by atoms with van der Waals surface area (Å²) >= 11 is 5.46. The normalized spacial score (nSPS) is 15.6. The number of nitrogens with zero attached hydrogens (tertiary/aromatic N) is 3. The van der Waals surface area contributed by atoms with Crippen molar-refractivity contribution in [2.75, 3.05) is 38.6 Å². The smallest absolute Gasteiger partial charge is 0.248 e. The molecule has 1 aromatic heterocycles. The lowest BCUT2D eigenvalue weighted by Gasteiger charge is -2.35. The van der Waals surface area contributed by atoms with Crippen LogP contribution in [0, 0.1) is 13.8 Å². The second-order valence-corrected chi connectivity index (χ2v) is 8.46. The number of anilines is 1. The van der Waals surface area contributed by atoms with E-state index >= 15 is 0 Å². The summed E-state index contributed by atoms with van der Waals surface area (Å²) in [6.07, 6.45) is 0. The van der Waals surface area contributed by atoms with Gasteiger partial charge in [-0.25, -0.2) is 8.42 Å². The molecule has 1 saturated heterocycles. The fourth-order valence-electron chi connectivity index (χ4n) is 2.98. The van der Waals surface area contributed by atoms with Gasteiger partial charge in [-0.15, -0.1) is 0 Å². The fraction of sp³-hybridized carbons (Fsp3) is 0.412. The molecule has 1 N–H and O–H groups in total. The molecule has 1 aromatic carbocycles. The van der Waals surface area contributed by atoms with Crippen molar-refractivity contribution in [1.82, 2.24) is 14.4 Å². The molecule has 1 aliphatic heterocycles. The number of nitrogens with one attached hydrogen (secondary N) is 1. The van der Waals surface area contributed by atoms with Gasteiger partial charge in [0.2, 0.25) is 10.0 Å². The van der Waals surface area contributed by atoms with Gasteiger partial charge in [-0.3, -0.25) is 0 Å². The maximum absolute atomic E-state index is 12.9. The number of rotatable bonds is 4. The summed E-state index contributed by atoms with van der Waals surface area (Å²) in [5, 5.41) is 7.48. The topological polar surface area (TPSA) is 87.9 Å². The molecule has 3 rings (SSSR count). The number of ether oxygens (including phenoxy) is 1. The van der Waals surface area contributed by atoms with Crippen molar-refractivity contribution in [3.8, 4) is 5.75 Å². The van der Waals surface area contributed by atoms with Gasteiger partial charge in [-0.1, -0.05) is 5.16 Å². The molecule has 146 valence electrons. The van der Waals surface area contributed by atoms with Gasteiger partial charge in [-0.2, -0.15) is 4.31 Å². The summed E-state index contributed by atoms with van der Waals surface area (Å²) in [5.41, 5.74) is 1.23. The zero-order chi connectivity index (χ0) is 19.6. The third kappa shape index (κ3) is 4.07. The van der Waals surface area contributed by atoms with Crippen LogP contribution in [0.1, 0.15) is 11.5 Å². The summed E-state index contributed by atoms with van der Waals surface area (Å²) in [6.45, 7) is 4.94. The Morgan fingerprint density at radius 2 is 1.81 bits per heavy atom. The molecule has 10 heteroatoms. The number of aromatic nitrogens is 1. The molecule has 0 amide bonds. The van der Waals surface area contributed by atoms with Crippen LogP contribution in [0.3, 0.4) is 0 Å². The highest BCUT2D eigenvalue weighted by atomic mass is 32.2. The van der Waals surface area contributed by atoms with Gasteiger partial charge in [0, 0.05) is 31.9 Å². The first-order valence-corrected chi connectivity index (χ1v) is 10.3. The standard InChI is InChI=1S/C17H22N4O4S2/c1-12-16(13(2)25-19-12)27(22,23)21-10-8-20(9-11-21)17(26)18-14-4-6-15(24-3)7-5-14/h4-7H,8-11H2,1-3H3,(H,18,26). The second-order valence-electron chi connectivity index (χ2n) is 6.20. The predicted octanol–water partition coefficient (Wildman–Crippen LogP) is 2.00. The van der Waals surface area contributed by atoms with E-state index in [4.69, 9.17) is 21.5 Å². The zero-order valence-corrected chi connectivity index (χ0v) is 17.1. The Labute approximate surface area is 164 Å². The molecular formula is C17H22N4O4S2. The maximum Gasteiger partial charge on any atom is 0.248 e. The van der Waals surface area contributed by atoms with Gasteiger partial charge in [0.1, 0.15) is 16.3 Å². The van der Waals surface area contributed by atoms with E-state index in [1.54, 1.807) is 21.0 Å². The number of sulfonamides is 1. The SMILES string of the molecule is COc1ccc(NC(=S)N2CCN(S(=O)(=O)c3c(C)noc3C)CC2)cc1. The lowest BCUT2D eigenvalue weighted by molar-refractivity contribution is 0.268. The largest absolute Gasteiger partial charge is 0.497 e. The molecule has 0 unspecified atom stereocenters. The third-order valence-electron chi connectivity index (χ3n) is 4.43. The molecule has 0 aliphatic carbocycles. The van der Waals surface area contributed by atoms with Gasteiger partial charge in [0.15, 0.2) is 10.9 Å². The number of hydrogen-bond acceptors (Lipinski definition) is 6. The van der Waals surface area contributed by atoms with E-state index < -0.39 is 10.0 Å². The highest BCUT2D eigenvalue weighted by Gasteiger charge is 2.33. The van der Waals surface area contributed by atoms with Crippen LogP contribution in [0.2, 0.25) is 0 Å². The molecule has 1 aliphatic rings. The van der Waals surface area contributed by atoms with Gasteiger partial charge in [-0.05, 0) is 50.3 Å². The van der Waals surface area contributed by atoms with E-state index in [1.807, 2.05) is 29.2 Å². The average molecular weight is 411 g/mol. The molecule has 8 nitrogen and oxygen atoms in total. The molecule has 0 spiro atoms. The molecule has 2 heterocycles. The lowest BCUT2D eigenvalue weighted by Crippen LogP contribution is -2.51. The van der Waals surface area contributed by atoms with Gasteiger partial charge in [0.25, 0.3) is 0 Å². The van der Waals surface area contributed by atoms with Crippen LogP contribution in [0.15, 0.2) is 33.7 Å². The minimum Gasteiger partial charge on any atom is -0.497 e. The summed E-state index contributed by atoms with van der Waals surface area (Å²) in [7, 11) is -2.01. The average Bonchev–Trinajstić information content (AvgIpc) is 3.01. The zero-order valence-electron chi connectivity index (χ0n) is 15.4. The van der Waals surface area contributed by atoms with Crippen LogP contribution in [0.5, 0.6) is 5.75 Å². The monoisotopic (exact) mass is 410 g/mol. The second kappa shape index (κ2) is 7.83. The minimum absolute atomic E-state index is 0.162. The van der Waals surface area contributed by atoms with Crippen LogP contribution in [-0.4, -0.2) is 61.2 Å². The first-order chi connectivity index (χ1) is 12.8. The molecule has 0 atom stereocenters. The van der Waals surface area contributed by atoms with Crippen LogP contribution < -0.4 is 10.1 Å². The number of aryl methyl sites for hydroxylation is 2. The summed E-state index contributed by atoms with van der Waals surface area (Å²) in [5.74, 6) is 1.08. The van der Waals surface area contributed by atoms with Crippen LogP contribution >= 0.6 is 12.2 Å². The van der Waals surface area contributed by atoms with Crippen molar-refractivity contribution in [2.45, 2.75) is 18.7 Å². The first kappa shape index (κ1) is 19.6. The first-order valence-electron chi connectivity index (χ1n) is 8.46. The number of hydrogen-bond donors (Lipinski definition) is 1. The predicted molar refractivity (Wildman–Crippen MR) is 106 cm³/mol. The molecule has 2 aromatic rings. The Morgan fingerprint density at radius 1 is 1.19 bits per heavy atom. The summed E-state index contributed by atoms with van der Waals surface area (Å²) in [6, 6.07) is 7.45. The van der Waals surface area contributed by atoms with E-state index in [0.29, 0.717) is 42.7 Å². The van der Waals surface area contributed by atoms with Crippen molar-refractivity contribution < 1.29 is 17.7 Å². The summed E-state index contributed by atoms with van der Waals surface area (Å²) in [4.78, 5) is 2.12. The molecule has 0 radical (unpaired) electrons. The van der Waals surface area contributed by atoms with Crippen LogP contribution in [0.25, 0.3) is 0 Å². The molecule has 1 fully saturated rings. The Balaban J connectivity index is 1.62. The third-order valence-corrected chi connectivity index (χ3v) is 6.94. The van der Waals surface area contributed by atoms with Crippen molar-refractivity contribution in [1.29, 1.82) is 0 Å². The van der Waals surface area contributed by atoms with Crippen molar-refractivity contribution in [2.24, 2.45) is 0 Å². The molecule has 0 bridgehead atoms. The quantitative estimate of drug-likeness (QED) is 0.766. The fourth-order valence-corrected chi connectivity index (χ4v) is 4.99. The maximum atomic E-state index is 12.9. The van der Waals surface area contributed by atoms with E-state index in [2.05, 4.69) is 10.5 Å². The van der Waals surface area contributed by atoms with Gasteiger partial charge >= 0.3 is 0 Å². The number of methoxy groups -OCH3 is 1. The van der Waals surface area contributed by atoms with E-state index in [1.165, 1.54) is 4.31 Å². The van der Waals surface area contributed by atoms with Crippen molar-refractivity contribution >= 4 is 33.0 Å². The van der Waals surface area contributed by atoms with Crippen LogP contribution in [-0.2, 0) is 10.0 Å². The minimum atomic E-state index is -3.62. The molecule has 27 heavy (non-hydrogen) atoms. The van der Waals surface area contributed by atoms with Gasteiger partial charge in [0.05, 0.1) is 7.11 Å². The van der Waals surface area contributed by atoms with E-state index in [-0.39, 0.29) is 4.90 Å². The Kier molecular flexibility index (Phi) is 5.68. The highest BCUT2D eigenvalue weighted by Crippen LogP contribution is 2.24. The highest BCUT2D eigenvalue weighted by molar-refractivity contribution is 7.89. The number of piperazine rings is 1. The number of thiocarbonyl (C=S) groups is 1. The Bertz CT molecular complexity index is 897.